The highest BCUT2D eigenvalue weighted by atomic mass is 16.3. The first-order chi connectivity index (χ1) is 9.65. The molecule has 0 saturated carbocycles. The zero-order valence-electron chi connectivity index (χ0n) is 11.5. The van der Waals surface area contributed by atoms with Crippen molar-refractivity contribution in [2.24, 2.45) is 0 Å². The van der Waals surface area contributed by atoms with Crippen LogP contribution in [-0.4, -0.2) is 10.9 Å². The molecular formula is C18H18O2. The van der Waals surface area contributed by atoms with Crippen LogP contribution in [0.25, 0.3) is 6.08 Å². The number of hydrogen-bond donors (Lipinski definition) is 1. The molecule has 0 radical (unpaired) electrons. The van der Waals surface area contributed by atoms with Crippen LogP contribution in [0, 0.1) is 6.92 Å². The zero-order valence-corrected chi connectivity index (χ0v) is 11.5. The van der Waals surface area contributed by atoms with Crippen molar-refractivity contribution in [3.8, 4) is 5.75 Å². The number of hydrogen-bond acceptors (Lipinski definition) is 2. The van der Waals surface area contributed by atoms with Crippen LogP contribution < -0.4 is 0 Å². The van der Waals surface area contributed by atoms with Crippen LogP contribution in [0.1, 0.15) is 23.1 Å². The van der Waals surface area contributed by atoms with E-state index < -0.39 is 0 Å². The predicted molar refractivity (Wildman–Crippen MR) is 81.6 cm³/mol. The quantitative estimate of drug-likeness (QED) is 0.890. The van der Waals surface area contributed by atoms with Gasteiger partial charge in [0.2, 0.25) is 0 Å². The third-order valence-electron chi connectivity index (χ3n) is 3.08. The number of ketones is 1. The molecule has 2 rings (SSSR count). The largest absolute Gasteiger partial charge is 0.508 e. The molecule has 2 aromatic carbocycles. The number of carbonyl (C=O) groups is 1. The van der Waals surface area contributed by atoms with Crippen molar-refractivity contribution in [3.05, 3.63) is 71.3 Å². The molecule has 2 aromatic rings. The van der Waals surface area contributed by atoms with E-state index in [9.17, 15) is 9.90 Å². The van der Waals surface area contributed by atoms with Crippen LogP contribution in [0.5, 0.6) is 5.75 Å². The van der Waals surface area contributed by atoms with Crippen LogP contribution in [0.3, 0.4) is 0 Å². The van der Waals surface area contributed by atoms with Crippen LogP contribution in [0.15, 0.2) is 54.6 Å². The SMILES string of the molecule is Cc1ccc(O)c(CC(=O)CC=Cc2ccccc2)c1. The molecule has 1 N–H and O–H groups in total. The normalized spacial score (nSPS) is 10.8. The molecular weight excluding hydrogens is 248 g/mol. The Bertz CT molecular complexity index is 613. The first-order valence-corrected chi connectivity index (χ1v) is 6.67. The number of carbonyl (C=O) groups excluding carboxylic acids is 1. The maximum Gasteiger partial charge on any atom is 0.141 e. The van der Waals surface area contributed by atoms with Crippen molar-refractivity contribution in [1.82, 2.24) is 0 Å². The Morgan fingerprint density at radius 2 is 1.90 bits per heavy atom. The average Bonchev–Trinajstić information content (AvgIpc) is 2.44. The van der Waals surface area contributed by atoms with E-state index in [0.29, 0.717) is 12.0 Å². The molecule has 0 amide bonds. The number of Topliss-reactive ketones (excluding diaryl/α,β-unsaturated/α-hetero) is 1. The number of benzene rings is 2. The monoisotopic (exact) mass is 266 g/mol. The number of aryl methyl sites for hydroxylation is 1. The van der Waals surface area contributed by atoms with Gasteiger partial charge < -0.3 is 5.11 Å². The van der Waals surface area contributed by atoms with Crippen LogP contribution in [0.4, 0.5) is 0 Å². The molecule has 0 aliphatic carbocycles. The first-order valence-electron chi connectivity index (χ1n) is 6.67. The Labute approximate surface area is 119 Å². The van der Waals surface area contributed by atoms with Gasteiger partial charge in [0.15, 0.2) is 0 Å². The second-order valence-electron chi connectivity index (χ2n) is 4.86. The summed E-state index contributed by atoms with van der Waals surface area (Å²) in [7, 11) is 0. The molecule has 0 aliphatic heterocycles. The fraction of sp³-hybridized carbons (Fsp3) is 0.167. The third-order valence-corrected chi connectivity index (χ3v) is 3.08. The highest BCUT2D eigenvalue weighted by molar-refractivity contribution is 5.83. The van der Waals surface area contributed by atoms with E-state index >= 15 is 0 Å². The molecule has 20 heavy (non-hydrogen) atoms. The summed E-state index contributed by atoms with van der Waals surface area (Å²) < 4.78 is 0. The van der Waals surface area contributed by atoms with Gasteiger partial charge in [0.05, 0.1) is 0 Å². The number of aromatic hydroxyl groups is 1. The summed E-state index contributed by atoms with van der Waals surface area (Å²) in [4.78, 5) is 11.9. The van der Waals surface area contributed by atoms with E-state index in [4.69, 9.17) is 0 Å². The van der Waals surface area contributed by atoms with Crippen molar-refractivity contribution in [1.29, 1.82) is 0 Å². The van der Waals surface area contributed by atoms with E-state index in [-0.39, 0.29) is 18.0 Å². The summed E-state index contributed by atoms with van der Waals surface area (Å²) in [5, 5.41) is 9.72. The van der Waals surface area contributed by atoms with Crippen molar-refractivity contribution in [3.63, 3.8) is 0 Å². The molecule has 0 bridgehead atoms. The van der Waals surface area contributed by atoms with E-state index in [1.54, 1.807) is 6.07 Å². The highest BCUT2D eigenvalue weighted by Crippen LogP contribution is 2.19. The third kappa shape index (κ3) is 4.09. The van der Waals surface area contributed by atoms with Gasteiger partial charge in [-0.05, 0) is 18.6 Å². The maximum absolute atomic E-state index is 11.9. The molecule has 0 atom stereocenters. The summed E-state index contributed by atoms with van der Waals surface area (Å²) in [6.45, 7) is 1.95. The maximum atomic E-state index is 11.9. The lowest BCUT2D eigenvalue weighted by Crippen LogP contribution is -2.01. The van der Waals surface area contributed by atoms with Crippen molar-refractivity contribution in [2.45, 2.75) is 19.8 Å². The van der Waals surface area contributed by atoms with E-state index in [0.717, 1.165) is 11.1 Å². The minimum atomic E-state index is 0.0954. The Hall–Kier alpha value is -2.35. The highest BCUT2D eigenvalue weighted by Gasteiger charge is 2.06. The Morgan fingerprint density at radius 1 is 1.15 bits per heavy atom. The first kappa shape index (κ1) is 14.1. The lowest BCUT2D eigenvalue weighted by molar-refractivity contribution is -0.117. The Kier molecular flexibility index (Phi) is 4.72. The van der Waals surface area contributed by atoms with Crippen molar-refractivity contribution < 1.29 is 9.90 Å². The summed E-state index contributed by atoms with van der Waals surface area (Å²) in [5.74, 6) is 0.286. The lowest BCUT2D eigenvalue weighted by atomic mass is 10.0. The predicted octanol–water partition coefficient (Wildman–Crippen LogP) is 3.92. The molecule has 0 fully saturated rings. The summed E-state index contributed by atoms with van der Waals surface area (Å²) in [6, 6.07) is 15.2. The molecule has 102 valence electrons. The van der Waals surface area contributed by atoms with Gasteiger partial charge in [-0.2, -0.15) is 0 Å². The minimum absolute atomic E-state index is 0.0954. The molecule has 0 heterocycles. The van der Waals surface area contributed by atoms with Gasteiger partial charge in [-0.1, -0.05) is 60.2 Å². The summed E-state index contributed by atoms with van der Waals surface area (Å²) in [5.41, 5.74) is 2.83. The summed E-state index contributed by atoms with van der Waals surface area (Å²) >= 11 is 0. The van der Waals surface area contributed by atoms with Crippen LogP contribution in [-0.2, 0) is 11.2 Å². The molecule has 0 saturated heterocycles. The standard InChI is InChI=1S/C18H18O2/c1-14-10-11-18(20)16(12-14)13-17(19)9-5-8-15-6-3-2-4-7-15/h2-8,10-12,20H,9,13H2,1H3. The van der Waals surface area contributed by atoms with Gasteiger partial charge in [0, 0.05) is 18.4 Å². The molecule has 2 nitrogen and oxygen atoms in total. The Balaban J connectivity index is 1.93. The second-order valence-corrected chi connectivity index (χ2v) is 4.86. The van der Waals surface area contributed by atoms with E-state index in [1.165, 1.54) is 0 Å². The van der Waals surface area contributed by atoms with E-state index in [2.05, 4.69) is 0 Å². The summed E-state index contributed by atoms with van der Waals surface area (Å²) in [6.07, 6.45) is 4.45. The lowest BCUT2D eigenvalue weighted by Gasteiger charge is -2.04. The molecule has 0 unspecified atom stereocenters. The van der Waals surface area contributed by atoms with Gasteiger partial charge in [0.1, 0.15) is 11.5 Å². The zero-order chi connectivity index (χ0) is 14.4. The van der Waals surface area contributed by atoms with Crippen molar-refractivity contribution in [2.75, 3.05) is 0 Å². The fourth-order valence-electron chi connectivity index (χ4n) is 2.03. The van der Waals surface area contributed by atoms with Crippen LogP contribution in [0.2, 0.25) is 0 Å². The number of allylic oxidation sites excluding steroid dienone is 1. The second kappa shape index (κ2) is 6.71. The van der Waals surface area contributed by atoms with Crippen molar-refractivity contribution >= 4 is 11.9 Å². The van der Waals surface area contributed by atoms with Gasteiger partial charge in [-0.25, -0.2) is 0 Å². The molecule has 2 heteroatoms. The van der Waals surface area contributed by atoms with Gasteiger partial charge >= 0.3 is 0 Å². The van der Waals surface area contributed by atoms with Crippen LogP contribution >= 0.6 is 0 Å². The van der Waals surface area contributed by atoms with Gasteiger partial charge in [0.25, 0.3) is 0 Å². The minimum Gasteiger partial charge on any atom is -0.508 e. The molecule has 0 aliphatic rings. The fourth-order valence-corrected chi connectivity index (χ4v) is 2.03. The smallest absolute Gasteiger partial charge is 0.141 e. The van der Waals surface area contributed by atoms with E-state index in [1.807, 2.05) is 61.5 Å². The average molecular weight is 266 g/mol. The topological polar surface area (TPSA) is 37.3 Å². The molecule has 0 aromatic heterocycles. The van der Waals surface area contributed by atoms with Gasteiger partial charge in [-0.3, -0.25) is 4.79 Å². The number of rotatable bonds is 5. The Morgan fingerprint density at radius 3 is 2.65 bits per heavy atom. The molecule has 0 spiro atoms. The van der Waals surface area contributed by atoms with Gasteiger partial charge in [-0.15, -0.1) is 0 Å². The number of phenols is 1. The number of phenolic OH excluding ortho intramolecular Hbond substituents is 1.